The summed E-state index contributed by atoms with van der Waals surface area (Å²) in [5, 5.41) is 0. The third-order valence-corrected chi connectivity index (χ3v) is 4.04. The Kier molecular flexibility index (Phi) is 7.01. The van der Waals surface area contributed by atoms with Gasteiger partial charge in [0.1, 0.15) is 0 Å². The van der Waals surface area contributed by atoms with Gasteiger partial charge in [-0.2, -0.15) is 0 Å². The SMILES string of the molecule is CCCOc1cc(CN(C)C(=O)C(C)(C)CCl)ccc1OC. The smallest absolute Gasteiger partial charge is 0.229 e. The van der Waals surface area contributed by atoms with Crippen molar-refractivity contribution in [2.45, 2.75) is 33.7 Å². The summed E-state index contributed by atoms with van der Waals surface area (Å²) in [7, 11) is 3.40. The molecular formula is C17H26ClNO3. The molecule has 0 aromatic heterocycles. The van der Waals surface area contributed by atoms with Crippen molar-refractivity contribution < 1.29 is 14.3 Å². The number of hydrogen-bond donors (Lipinski definition) is 0. The molecule has 0 fully saturated rings. The predicted molar refractivity (Wildman–Crippen MR) is 89.8 cm³/mol. The first-order valence-corrected chi connectivity index (χ1v) is 8.00. The molecule has 0 N–H and O–H groups in total. The summed E-state index contributed by atoms with van der Waals surface area (Å²) in [6, 6.07) is 5.73. The summed E-state index contributed by atoms with van der Waals surface area (Å²) in [5.74, 6) is 1.73. The Hall–Kier alpha value is -1.42. The average Bonchev–Trinajstić information content (AvgIpc) is 2.52. The fourth-order valence-electron chi connectivity index (χ4n) is 2.06. The van der Waals surface area contributed by atoms with Crippen LogP contribution in [0.4, 0.5) is 0 Å². The number of nitrogens with zero attached hydrogens (tertiary/aromatic N) is 1. The number of hydrogen-bond acceptors (Lipinski definition) is 3. The highest BCUT2D eigenvalue weighted by atomic mass is 35.5. The van der Waals surface area contributed by atoms with Crippen molar-refractivity contribution in [1.82, 2.24) is 4.90 Å². The highest BCUT2D eigenvalue weighted by Gasteiger charge is 2.29. The van der Waals surface area contributed by atoms with Crippen LogP contribution in [-0.4, -0.2) is 37.5 Å². The van der Waals surface area contributed by atoms with E-state index >= 15 is 0 Å². The highest BCUT2D eigenvalue weighted by molar-refractivity contribution is 6.19. The van der Waals surface area contributed by atoms with Gasteiger partial charge in [0, 0.05) is 19.5 Å². The number of halogens is 1. The van der Waals surface area contributed by atoms with Crippen LogP contribution in [0.3, 0.4) is 0 Å². The third-order valence-electron chi connectivity index (χ3n) is 3.37. The first-order chi connectivity index (χ1) is 10.4. The van der Waals surface area contributed by atoms with Crippen LogP contribution in [-0.2, 0) is 11.3 Å². The molecule has 0 unspecified atom stereocenters. The van der Waals surface area contributed by atoms with Gasteiger partial charge in [0.2, 0.25) is 5.91 Å². The van der Waals surface area contributed by atoms with Gasteiger partial charge in [0.15, 0.2) is 11.5 Å². The van der Waals surface area contributed by atoms with Crippen LogP contribution >= 0.6 is 11.6 Å². The molecule has 0 saturated heterocycles. The topological polar surface area (TPSA) is 38.8 Å². The molecule has 0 aliphatic carbocycles. The van der Waals surface area contributed by atoms with Gasteiger partial charge in [-0.05, 0) is 38.0 Å². The van der Waals surface area contributed by atoms with Crippen LogP contribution in [0.1, 0.15) is 32.8 Å². The van der Waals surface area contributed by atoms with E-state index in [1.807, 2.05) is 32.0 Å². The Balaban J connectivity index is 2.87. The molecule has 1 aromatic rings. The fourth-order valence-corrected chi connectivity index (χ4v) is 2.18. The van der Waals surface area contributed by atoms with E-state index in [1.54, 1.807) is 19.1 Å². The normalized spacial score (nSPS) is 11.2. The van der Waals surface area contributed by atoms with E-state index in [4.69, 9.17) is 21.1 Å². The molecule has 0 saturated carbocycles. The van der Waals surface area contributed by atoms with Crippen LogP contribution in [0.15, 0.2) is 18.2 Å². The zero-order valence-electron chi connectivity index (χ0n) is 14.1. The maximum Gasteiger partial charge on any atom is 0.229 e. The lowest BCUT2D eigenvalue weighted by Crippen LogP contribution is -2.39. The number of alkyl halides is 1. The van der Waals surface area contributed by atoms with Gasteiger partial charge < -0.3 is 14.4 Å². The van der Waals surface area contributed by atoms with E-state index in [9.17, 15) is 4.79 Å². The number of benzene rings is 1. The molecule has 0 radical (unpaired) electrons. The quantitative estimate of drug-likeness (QED) is 0.683. The van der Waals surface area contributed by atoms with Crippen LogP contribution in [0.2, 0.25) is 0 Å². The number of amides is 1. The van der Waals surface area contributed by atoms with Gasteiger partial charge >= 0.3 is 0 Å². The molecule has 124 valence electrons. The molecule has 0 bridgehead atoms. The third kappa shape index (κ3) is 4.80. The first kappa shape index (κ1) is 18.6. The monoisotopic (exact) mass is 327 g/mol. The Bertz CT molecular complexity index is 503. The second-order valence-corrected chi connectivity index (χ2v) is 6.28. The standard InChI is InChI=1S/C17H26ClNO3/c1-6-9-22-15-10-13(7-8-14(15)21-5)11-19(4)16(20)17(2,3)12-18/h7-8,10H,6,9,11-12H2,1-5H3. The van der Waals surface area contributed by atoms with Crippen molar-refractivity contribution in [2.24, 2.45) is 5.41 Å². The van der Waals surface area contributed by atoms with Crippen molar-refractivity contribution in [1.29, 1.82) is 0 Å². The van der Waals surface area contributed by atoms with E-state index in [-0.39, 0.29) is 5.91 Å². The molecule has 0 heterocycles. The van der Waals surface area contributed by atoms with E-state index in [2.05, 4.69) is 6.92 Å². The average molecular weight is 328 g/mol. The van der Waals surface area contributed by atoms with Crippen LogP contribution in [0.25, 0.3) is 0 Å². The summed E-state index contributed by atoms with van der Waals surface area (Å²) >= 11 is 5.87. The lowest BCUT2D eigenvalue weighted by atomic mass is 9.94. The molecule has 4 nitrogen and oxygen atoms in total. The molecule has 5 heteroatoms. The van der Waals surface area contributed by atoms with Crippen molar-refractivity contribution in [3.8, 4) is 11.5 Å². The zero-order chi connectivity index (χ0) is 16.8. The lowest BCUT2D eigenvalue weighted by Gasteiger charge is -2.27. The zero-order valence-corrected chi connectivity index (χ0v) is 14.9. The van der Waals surface area contributed by atoms with Gasteiger partial charge in [-0.3, -0.25) is 4.79 Å². The van der Waals surface area contributed by atoms with Gasteiger partial charge in [-0.1, -0.05) is 13.0 Å². The number of ether oxygens (including phenoxy) is 2. The van der Waals surface area contributed by atoms with Gasteiger partial charge in [0.05, 0.1) is 19.1 Å². The molecule has 1 amide bonds. The van der Waals surface area contributed by atoms with Gasteiger partial charge in [-0.15, -0.1) is 11.6 Å². The molecule has 1 rings (SSSR count). The van der Waals surface area contributed by atoms with Crippen LogP contribution < -0.4 is 9.47 Å². The lowest BCUT2D eigenvalue weighted by molar-refractivity contribution is -0.138. The second kappa shape index (κ2) is 8.28. The summed E-state index contributed by atoms with van der Waals surface area (Å²) in [6.07, 6.45) is 0.926. The maximum atomic E-state index is 12.4. The number of rotatable bonds is 8. The molecule has 0 atom stereocenters. The van der Waals surface area contributed by atoms with Crippen LogP contribution in [0, 0.1) is 5.41 Å². The minimum Gasteiger partial charge on any atom is -0.493 e. The Morgan fingerprint density at radius 3 is 2.55 bits per heavy atom. The summed E-state index contributed by atoms with van der Waals surface area (Å²) < 4.78 is 11.0. The van der Waals surface area contributed by atoms with Crippen molar-refractivity contribution in [2.75, 3.05) is 26.6 Å². The van der Waals surface area contributed by atoms with E-state index in [0.717, 1.165) is 12.0 Å². The van der Waals surface area contributed by atoms with E-state index < -0.39 is 5.41 Å². The maximum absolute atomic E-state index is 12.4. The largest absolute Gasteiger partial charge is 0.493 e. The second-order valence-electron chi connectivity index (χ2n) is 6.01. The van der Waals surface area contributed by atoms with Crippen molar-refractivity contribution >= 4 is 17.5 Å². The van der Waals surface area contributed by atoms with Gasteiger partial charge in [-0.25, -0.2) is 0 Å². The molecular weight excluding hydrogens is 302 g/mol. The predicted octanol–water partition coefficient (Wildman–Crippen LogP) is 3.71. The minimum absolute atomic E-state index is 0.0225. The Labute approximate surface area is 138 Å². The summed E-state index contributed by atoms with van der Waals surface area (Å²) in [6.45, 7) is 6.89. The molecule has 1 aromatic carbocycles. The summed E-state index contributed by atoms with van der Waals surface area (Å²) in [5.41, 5.74) is 0.428. The van der Waals surface area contributed by atoms with Crippen molar-refractivity contribution in [3.05, 3.63) is 23.8 Å². The highest BCUT2D eigenvalue weighted by Crippen LogP contribution is 2.29. The molecule has 0 aliphatic rings. The molecule has 0 spiro atoms. The Morgan fingerprint density at radius 1 is 1.32 bits per heavy atom. The fraction of sp³-hybridized carbons (Fsp3) is 0.588. The van der Waals surface area contributed by atoms with Gasteiger partial charge in [0.25, 0.3) is 0 Å². The molecule has 22 heavy (non-hydrogen) atoms. The number of methoxy groups -OCH3 is 1. The first-order valence-electron chi connectivity index (χ1n) is 7.47. The minimum atomic E-state index is -0.565. The van der Waals surface area contributed by atoms with E-state index in [0.29, 0.717) is 30.5 Å². The Morgan fingerprint density at radius 2 is 2.00 bits per heavy atom. The van der Waals surface area contributed by atoms with E-state index in [1.165, 1.54) is 0 Å². The number of carbonyl (C=O) groups is 1. The molecule has 0 aliphatic heterocycles. The van der Waals surface area contributed by atoms with Crippen LogP contribution in [0.5, 0.6) is 11.5 Å². The number of carbonyl (C=O) groups excluding carboxylic acids is 1. The summed E-state index contributed by atoms with van der Waals surface area (Å²) in [4.78, 5) is 14.1. The van der Waals surface area contributed by atoms with Crippen molar-refractivity contribution in [3.63, 3.8) is 0 Å².